The van der Waals surface area contributed by atoms with Gasteiger partial charge in [0.05, 0.1) is 11.6 Å². The highest BCUT2D eigenvalue weighted by molar-refractivity contribution is 9.10. The van der Waals surface area contributed by atoms with Crippen LogP contribution in [0.3, 0.4) is 0 Å². The van der Waals surface area contributed by atoms with E-state index in [1.165, 1.54) is 14.0 Å². The molecule has 1 heterocycles. The molecular formula is C25H18BrNO5. The van der Waals surface area contributed by atoms with E-state index >= 15 is 0 Å². The second-order valence-electron chi connectivity index (χ2n) is 6.91. The summed E-state index contributed by atoms with van der Waals surface area (Å²) in [7, 11) is 1.46. The number of benzene rings is 3. The van der Waals surface area contributed by atoms with Gasteiger partial charge in [0.2, 0.25) is 5.90 Å². The molecule has 3 aromatic rings. The van der Waals surface area contributed by atoms with Crippen LogP contribution in [0.2, 0.25) is 0 Å². The first-order valence-electron chi connectivity index (χ1n) is 9.69. The van der Waals surface area contributed by atoms with Gasteiger partial charge in [-0.2, -0.15) is 0 Å². The van der Waals surface area contributed by atoms with E-state index in [-0.39, 0.29) is 17.3 Å². The molecule has 3 aromatic carbocycles. The lowest BCUT2D eigenvalue weighted by Crippen LogP contribution is -2.05. The number of hydrogen-bond acceptors (Lipinski definition) is 6. The van der Waals surface area contributed by atoms with Gasteiger partial charge in [0.15, 0.2) is 17.2 Å². The number of nitrogens with zero attached hydrogens (tertiary/aromatic N) is 1. The molecule has 0 saturated carbocycles. The Bertz CT molecular complexity index is 1250. The molecule has 0 amide bonds. The van der Waals surface area contributed by atoms with Crippen LogP contribution in [0.1, 0.15) is 18.1 Å². The Morgan fingerprint density at radius 2 is 1.66 bits per heavy atom. The Balaban J connectivity index is 1.62. The quantitative estimate of drug-likeness (QED) is 0.271. The standard InChI is InChI=1S/C25H18BrNO5/c1-15(28)31-23-20(26)12-16(14-22(23)30-2)13-21-25(29)32-24(27-21)19-10-8-18(9-11-19)17-6-4-3-5-7-17/h3-14H,1-2H3/b21-13-. The molecule has 6 nitrogen and oxygen atoms in total. The van der Waals surface area contributed by atoms with Crippen LogP contribution in [0.15, 0.2) is 81.9 Å². The van der Waals surface area contributed by atoms with E-state index in [9.17, 15) is 9.59 Å². The number of carbonyl (C=O) groups excluding carboxylic acids is 2. The van der Waals surface area contributed by atoms with Crippen molar-refractivity contribution >= 4 is 39.8 Å². The number of esters is 2. The van der Waals surface area contributed by atoms with Gasteiger partial charge in [-0.15, -0.1) is 0 Å². The lowest BCUT2D eigenvalue weighted by atomic mass is 10.0. The van der Waals surface area contributed by atoms with Gasteiger partial charge in [-0.3, -0.25) is 4.79 Å². The van der Waals surface area contributed by atoms with Crippen LogP contribution in [0.5, 0.6) is 11.5 Å². The minimum absolute atomic E-state index is 0.154. The highest BCUT2D eigenvalue weighted by Crippen LogP contribution is 2.37. The fourth-order valence-corrected chi connectivity index (χ4v) is 3.73. The Morgan fingerprint density at radius 1 is 1.00 bits per heavy atom. The van der Waals surface area contributed by atoms with Crippen LogP contribution < -0.4 is 9.47 Å². The van der Waals surface area contributed by atoms with Crippen molar-refractivity contribution in [3.8, 4) is 22.6 Å². The molecule has 0 aliphatic carbocycles. The topological polar surface area (TPSA) is 74.2 Å². The van der Waals surface area contributed by atoms with Gasteiger partial charge in [0, 0.05) is 12.5 Å². The molecule has 0 spiro atoms. The zero-order valence-electron chi connectivity index (χ0n) is 17.3. The molecule has 0 N–H and O–H groups in total. The number of aliphatic imine (C=N–C) groups is 1. The van der Waals surface area contributed by atoms with Gasteiger partial charge < -0.3 is 14.2 Å². The number of halogens is 1. The van der Waals surface area contributed by atoms with E-state index in [1.54, 1.807) is 18.2 Å². The molecule has 7 heteroatoms. The molecular weight excluding hydrogens is 474 g/mol. The molecule has 0 radical (unpaired) electrons. The molecule has 0 atom stereocenters. The first kappa shape index (κ1) is 21.5. The molecule has 0 unspecified atom stereocenters. The summed E-state index contributed by atoms with van der Waals surface area (Å²) in [4.78, 5) is 28.1. The number of methoxy groups -OCH3 is 1. The molecule has 160 valence electrons. The normalized spacial score (nSPS) is 14.2. The van der Waals surface area contributed by atoms with Crippen LogP contribution >= 0.6 is 15.9 Å². The number of cyclic esters (lactones) is 1. The first-order chi connectivity index (χ1) is 15.4. The van der Waals surface area contributed by atoms with Crippen molar-refractivity contribution in [3.05, 3.63) is 88.0 Å². The van der Waals surface area contributed by atoms with Crippen molar-refractivity contribution in [1.82, 2.24) is 0 Å². The fourth-order valence-electron chi connectivity index (χ4n) is 3.19. The lowest BCUT2D eigenvalue weighted by Gasteiger charge is -2.11. The number of ether oxygens (including phenoxy) is 3. The molecule has 0 bridgehead atoms. The molecule has 0 saturated heterocycles. The highest BCUT2D eigenvalue weighted by atomic mass is 79.9. The predicted octanol–water partition coefficient (Wildman–Crippen LogP) is 5.39. The van der Waals surface area contributed by atoms with Crippen molar-refractivity contribution in [2.24, 2.45) is 4.99 Å². The van der Waals surface area contributed by atoms with E-state index in [4.69, 9.17) is 14.2 Å². The van der Waals surface area contributed by atoms with Crippen molar-refractivity contribution < 1.29 is 23.8 Å². The number of rotatable bonds is 5. The summed E-state index contributed by atoms with van der Waals surface area (Å²) in [5.41, 5.74) is 3.63. The second-order valence-corrected chi connectivity index (χ2v) is 7.76. The van der Waals surface area contributed by atoms with Gasteiger partial charge >= 0.3 is 11.9 Å². The Morgan fingerprint density at radius 3 is 2.31 bits per heavy atom. The largest absolute Gasteiger partial charge is 0.493 e. The van der Waals surface area contributed by atoms with Crippen LogP contribution in [0.4, 0.5) is 0 Å². The number of hydrogen-bond donors (Lipinski definition) is 0. The van der Waals surface area contributed by atoms with Gasteiger partial charge in [-0.25, -0.2) is 9.79 Å². The summed E-state index contributed by atoms with van der Waals surface area (Å²) in [6.07, 6.45) is 1.58. The van der Waals surface area contributed by atoms with E-state index in [0.29, 0.717) is 21.3 Å². The van der Waals surface area contributed by atoms with Crippen LogP contribution in [-0.2, 0) is 14.3 Å². The zero-order chi connectivity index (χ0) is 22.7. The Labute approximate surface area is 193 Å². The Kier molecular flexibility index (Phi) is 6.18. The molecule has 32 heavy (non-hydrogen) atoms. The summed E-state index contributed by atoms with van der Waals surface area (Å²) in [5, 5.41) is 0. The highest BCUT2D eigenvalue weighted by Gasteiger charge is 2.24. The second kappa shape index (κ2) is 9.20. The minimum atomic E-state index is -0.550. The van der Waals surface area contributed by atoms with Crippen LogP contribution in [0, 0.1) is 0 Å². The van der Waals surface area contributed by atoms with Crippen molar-refractivity contribution in [2.45, 2.75) is 6.92 Å². The molecule has 1 aliphatic heterocycles. The third-order valence-electron chi connectivity index (χ3n) is 4.66. The first-order valence-corrected chi connectivity index (χ1v) is 10.5. The Hall–Kier alpha value is -3.71. The smallest absolute Gasteiger partial charge is 0.363 e. The number of carbonyl (C=O) groups is 2. The summed E-state index contributed by atoms with van der Waals surface area (Å²) in [6, 6.07) is 21.0. The van der Waals surface area contributed by atoms with Gasteiger partial charge in [-0.05, 0) is 63.0 Å². The summed E-state index contributed by atoms with van der Waals surface area (Å²) >= 11 is 3.37. The van der Waals surface area contributed by atoms with Crippen molar-refractivity contribution in [2.75, 3.05) is 7.11 Å². The van der Waals surface area contributed by atoms with E-state index < -0.39 is 11.9 Å². The monoisotopic (exact) mass is 491 g/mol. The predicted molar refractivity (Wildman–Crippen MR) is 124 cm³/mol. The summed E-state index contributed by atoms with van der Waals surface area (Å²) in [5.74, 6) is -0.177. The average molecular weight is 492 g/mol. The fraction of sp³-hybridized carbons (Fsp3) is 0.0800. The molecule has 4 rings (SSSR count). The van der Waals surface area contributed by atoms with Gasteiger partial charge in [-0.1, -0.05) is 42.5 Å². The third kappa shape index (κ3) is 4.63. The third-order valence-corrected chi connectivity index (χ3v) is 5.25. The average Bonchev–Trinajstić information content (AvgIpc) is 3.16. The summed E-state index contributed by atoms with van der Waals surface area (Å²) in [6.45, 7) is 1.30. The van der Waals surface area contributed by atoms with E-state index in [2.05, 4.69) is 20.9 Å². The lowest BCUT2D eigenvalue weighted by molar-refractivity contribution is -0.132. The minimum Gasteiger partial charge on any atom is -0.493 e. The van der Waals surface area contributed by atoms with Crippen molar-refractivity contribution in [1.29, 1.82) is 0 Å². The molecule has 0 aromatic heterocycles. The molecule has 0 fully saturated rings. The molecule has 1 aliphatic rings. The zero-order valence-corrected chi connectivity index (χ0v) is 18.9. The van der Waals surface area contributed by atoms with Gasteiger partial charge in [0.1, 0.15) is 0 Å². The van der Waals surface area contributed by atoms with Crippen LogP contribution in [0.25, 0.3) is 17.2 Å². The maximum atomic E-state index is 12.4. The van der Waals surface area contributed by atoms with E-state index in [1.807, 2.05) is 54.6 Å². The van der Waals surface area contributed by atoms with Gasteiger partial charge in [0.25, 0.3) is 0 Å². The maximum Gasteiger partial charge on any atom is 0.363 e. The summed E-state index contributed by atoms with van der Waals surface area (Å²) < 4.78 is 16.4. The SMILES string of the molecule is COc1cc(/C=C2\N=C(c3ccc(-c4ccccc4)cc3)OC2=O)cc(Br)c1OC(C)=O. The van der Waals surface area contributed by atoms with Crippen LogP contribution in [-0.4, -0.2) is 24.9 Å². The van der Waals surface area contributed by atoms with E-state index in [0.717, 1.165) is 11.1 Å². The van der Waals surface area contributed by atoms with Crippen molar-refractivity contribution in [3.63, 3.8) is 0 Å². The maximum absolute atomic E-state index is 12.4.